The highest BCUT2D eigenvalue weighted by Crippen LogP contribution is 2.06. The van der Waals surface area contributed by atoms with Crippen LogP contribution in [0.15, 0.2) is 42.5 Å². The maximum Gasteiger partial charge on any atom is 0.0720 e. The Balaban J connectivity index is 2.22. The fourth-order valence-corrected chi connectivity index (χ4v) is 1.48. The number of benzene rings is 1. The van der Waals surface area contributed by atoms with Crippen molar-refractivity contribution in [3.63, 3.8) is 0 Å². The molecule has 1 N–H and O–H groups in total. The van der Waals surface area contributed by atoms with Crippen LogP contribution in [0.25, 0.3) is 0 Å². The van der Waals surface area contributed by atoms with Crippen LogP contribution >= 0.6 is 0 Å². The highest BCUT2D eigenvalue weighted by Gasteiger charge is 1.98. The van der Waals surface area contributed by atoms with E-state index in [0.717, 1.165) is 19.3 Å². The van der Waals surface area contributed by atoms with Gasteiger partial charge in [-0.05, 0) is 31.7 Å². The lowest BCUT2D eigenvalue weighted by atomic mass is 10.1. The molecule has 0 radical (unpaired) electrons. The second kappa shape index (κ2) is 6.39. The Labute approximate surface area is 86.1 Å². The number of aryl methyl sites for hydroxylation is 1. The first-order chi connectivity index (χ1) is 6.83. The predicted molar refractivity (Wildman–Crippen MR) is 60.2 cm³/mol. The van der Waals surface area contributed by atoms with Crippen LogP contribution in [-0.2, 0) is 6.42 Å². The average molecular weight is 190 g/mol. The molecule has 1 aromatic rings. The SMILES string of the molecule is C/C=C\[C@@H](O)CCCc1ccccc1. The molecular weight excluding hydrogens is 172 g/mol. The summed E-state index contributed by atoms with van der Waals surface area (Å²) in [6, 6.07) is 10.4. The normalized spacial score (nSPS) is 13.3. The molecule has 0 aliphatic heterocycles. The molecule has 0 unspecified atom stereocenters. The summed E-state index contributed by atoms with van der Waals surface area (Å²) in [5.74, 6) is 0. The Hall–Kier alpha value is -1.08. The number of rotatable bonds is 5. The second-order valence-corrected chi connectivity index (χ2v) is 3.47. The van der Waals surface area contributed by atoms with E-state index in [1.807, 2.05) is 25.1 Å². The first kappa shape index (κ1) is 11.0. The van der Waals surface area contributed by atoms with E-state index in [9.17, 15) is 5.11 Å². The zero-order valence-electron chi connectivity index (χ0n) is 8.69. The minimum atomic E-state index is -0.274. The van der Waals surface area contributed by atoms with Gasteiger partial charge in [0.05, 0.1) is 6.10 Å². The van der Waals surface area contributed by atoms with Crippen molar-refractivity contribution in [3.8, 4) is 0 Å². The van der Waals surface area contributed by atoms with Crippen molar-refractivity contribution >= 4 is 0 Å². The Bertz CT molecular complexity index is 264. The van der Waals surface area contributed by atoms with Crippen molar-refractivity contribution < 1.29 is 5.11 Å². The lowest BCUT2D eigenvalue weighted by Crippen LogP contribution is -2.02. The largest absolute Gasteiger partial charge is 0.389 e. The topological polar surface area (TPSA) is 20.2 Å². The van der Waals surface area contributed by atoms with Gasteiger partial charge in [0.25, 0.3) is 0 Å². The fraction of sp³-hybridized carbons (Fsp3) is 0.385. The van der Waals surface area contributed by atoms with Crippen molar-refractivity contribution in [2.45, 2.75) is 32.3 Å². The van der Waals surface area contributed by atoms with Gasteiger partial charge in [0.1, 0.15) is 0 Å². The van der Waals surface area contributed by atoms with E-state index in [-0.39, 0.29) is 6.10 Å². The minimum absolute atomic E-state index is 0.274. The van der Waals surface area contributed by atoms with Gasteiger partial charge in [-0.2, -0.15) is 0 Å². The molecule has 0 saturated heterocycles. The van der Waals surface area contributed by atoms with Crippen LogP contribution in [-0.4, -0.2) is 11.2 Å². The molecule has 0 aliphatic carbocycles. The molecule has 1 nitrogen and oxygen atoms in total. The van der Waals surface area contributed by atoms with Crippen molar-refractivity contribution in [2.75, 3.05) is 0 Å². The number of aliphatic hydroxyl groups is 1. The Morgan fingerprint density at radius 2 is 2.00 bits per heavy atom. The summed E-state index contributed by atoms with van der Waals surface area (Å²) in [5.41, 5.74) is 1.35. The number of allylic oxidation sites excluding steroid dienone is 1. The summed E-state index contributed by atoms with van der Waals surface area (Å²) in [5, 5.41) is 9.44. The van der Waals surface area contributed by atoms with Crippen molar-refractivity contribution in [3.05, 3.63) is 48.0 Å². The van der Waals surface area contributed by atoms with E-state index in [2.05, 4.69) is 24.3 Å². The zero-order valence-corrected chi connectivity index (χ0v) is 8.69. The quantitative estimate of drug-likeness (QED) is 0.708. The van der Waals surface area contributed by atoms with Crippen molar-refractivity contribution in [2.24, 2.45) is 0 Å². The van der Waals surface area contributed by atoms with E-state index >= 15 is 0 Å². The number of aliphatic hydroxyl groups excluding tert-OH is 1. The standard InChI is InChI=1S/C13H18O/c1-2-7-13(14)11-6-10-12-8-4-3-5-9-12/h2-5,7-9,13-14H,6,10-11H2,1H3/b7-2-/t13-/m1/s1. The molecule has 0 amide bonds. The predicted octanol–water partition coefficient (Wildman–Crippen LogP) is 2.95. The molecule has 1 rings (SSSR count). The van der Waals surface area contributed by atoms with Gasteiger partial charge in [0.2, 0.25) is 0 Å². The molecule has 0 bridgehead atoms. The molecule has 76 valence electrons. The highest BCUT2D eigenvalue weighted by molar-refractivity contribution is 5.14. The molecule has 1 atom stereocenters. The smallest absolute Gasteiger partial charge is 0.0720 e. The van der Waals surface area contributed by atoms with Crippen molar-refractivity contribution in [1.29, 1.82) is 0 Å². The van der Waals surface area contributed by atoms with Gasteiger partial charge >= 0.3 is 0 Å². The summed E-state index contributed by atoms with van der Waals surface area (Å²) in [6.07, 6.45) is 6.39. The van der Waals surface area contributed by atoms with E-state index in [0.29, 0.717) is 0 Å². The van der Waals surface area contributed by atoms with Crippen LogP contribution in [0.2, 0.25) is 0 Å². The van der Waals surface area contributed by atoms with E-state index in [1.54, 1.807) is 0 Å². The third-order valence-electron chi connectivity index (χ3n) is 2.22. The summed E-state index contributed by atoms with van der Waals surface area (Å²) in [4.78, 5) is 0. The number of hydrogen-bond donors (Lipinski definition) is 1. The molecule has 0 fully saturated rings. The van der Waals surface area contributed by atoms with Gasteiger partial charge in [-0.15, -0.1) is 0 Å². The maximum absolute atomic E-state index is 9.44. The molecule has 1 aromatic carbocycles. The fourth-order valence-electron chi connectivity index (χ4n) is 1.48. The summed E-state index contributed by atoms with van der Waals surface area (Å²) >= 11 is 0. The maximum atomic E-state index is 9.44. The third kappa shape index (κ3) is 4.24. The van der Waals surface area contributed by atoms with E-state index < -0.39 is 0 Å². The van der Waals surface area contributed by atoms with Crippen LogP contribution in [0.4, 0.5) is 0 Å². The van der Waals surface area contributed by atoms with Gasteiger partial charge in [0, 0.05) is 0 Å². The lowest BCUT2D eigenvalue weighted by Gasteiger charge is -2.04. The van der Waals surface area contributed by atoms with Crippen LogP contribution in [0.5, 0.6) is 0 Å². The van der Waals surface area contributed by atoms with Gasteiger partial charge in [0.15, 0.2) is 0 Å². The molecule has 0 aromatic heterocycles. The molecule has 0 saturated carbocycles. The van der Waals surface area contributed by atoms with Crippen LogP contribution < -0.4 is 0 Å². The number of hydrogen-bond acceptors (Lipinski definition) is 1. The molecule has 0 heterocycles. The Morgan fingerprint density at radius 3 is 2.64 bits per heavy atom. The first-order valence-corrected chi connectivity index (χ1v) is 5.17. The van der Waals surface area contributed by atoms with Gasteiger partial charge < -0.3 is 5.11 Å². The summed E-state index contributed by atoms with van der Waals surface area (Å²) in [7, 11) is 0. The van der Waals surface area contributed by atoms with Crippen LogP contribution in [0.3, 0.4) is 0 Å². The van der Waals surface area contributed by atoms with Gasteiger partial charge in [-0.25, -0.2) is 0 Å². The molecule has 0 spiro atoms. The van der Waals surface area contributed by atoms with Crippen molar-refractivity contribution in [1.82, 2.24) is 0 Å². The monoisotopic (exact) mass is 190 g/mol. The molecular formula is C13H18O. The van der Waals surface area contributed by atoms with Crippen LogP contribution in [0.1, 0.15) is 25.3 Å². The van der Waals surface area contributed by atoms with Gasteiger partial charge in [-0.1, -0.05) is 42.5 Å². The van der Waals surface area contributed by atoms with E-state index in [4.69, 9.17) is 0 Å². The molecule has 14 heavy (non-hydrogen) atoms. The summed E-state index contributed by atoms with van der Waals surface area (Å²) < 4.78 is 0. The molecule has 0 aliphatic rings. The Morgan fingerprint density at radius 1 is 1.29 bits per heavy atom. The average Bonchev–Trinajstić information content (AvgIpc) is 2.20. The molecule has 1 heteroatoms. The summed E-state index contributed by atoms with van der Waals surface area (Å²) in [6.45, 7) is 1.93. The van der Waals surface area contributed by atoms with Crippen LogP contribution in [0, 0.1) is 0 Å². The first-order valence-electron chi connectivity index (χ1n) is 5.17. The highest BCUT2D eigenvalue weighted by atomic mass is 16.3. The van der Waals surface area contributed by atoms with Gasteiger partial charge in [-0.3, -0.25) is 0 Å². The lowest BCUT2D eigenvalue weighted by molar-refractivity contribution is 0.209. The Kier molecular flexibility index (Phi) is 5.02. The third-order valence-corrected chi connectivity index (χ3v) is 2.22. The minimum Gasteiger partial charge on any atom is -0.389 e. The second-order valence-electron chi connectivity index (χ2n) is 3.47. The van der Waals surface area contributed by atoms with E-state index in [1.165, 1.54) is 5.56 Å². The zero-order chi connectivity index (χ0) is 10.2.